The molecule has 0 amide bonds. The van der Waals surface area contributed by atoms with E-state index in [1.807, 2.05) is 29.8 Å². The Morgan fingerprint density at radius 3 is 2.75 bits per heavy atom. The Balaban J connectivity index is 2.07. The van der Waals surface area contributed by atoms with Crippen molar-refractivity contribution in [2.24, 2.45) is 0 Å². The average Bonchev–Trinajstić information content (AvgIpc) is 3.06. The van der Waals surface area contributed by atoms with E-state index in [1.165, 1.54) is 5.56 Å². The van der Waals surface area contributed by atoms with Crippen molar-refractivity contribution < 1.29 is 0 Å². The molecule has 2 aromatic heterocycles. The lowest BCUT2D eigenvalue weighted by molar-refractivity contribution is 0.552. The van der Waals surface area contributed by atoms with Crippen LogP contribution in [0.2, 0.25) is 0 Å². The van der Waals surface area contributed by atoms with Crippen LogP contribution in [0.1, 0.15) is 12.5 Å². The van der Waals surface area contributed by atoms with Crippen LogP contribution in [0.5, 0.6) is 0 Å². The van der Waals surface area contributed by atoms with Crippen LogP contribution in [-0.2, 0) is 6.54 Å². The van der Waals surface area contributed by atoms with E-state index in [1.54, 1.807) is 11.0 Å². The van der Waals surface area contributed by atoms with E-state index >= 15 is 0 Å². The molecule has 6 nitrogen and oxygen atoms in total. The van der Waals surface area contributed by atoms with E-state index in [0.29, 0.717) is 12.4 Å². The topological polar surface area (TPSA) is 61.4 Å². The number of aryl methyl sites for hydroxylation is 2. The molecule has 0 aliphatic carbocycles. The van der Waals surface area contributed by atoms with E-state index in [4.69, 9.17) is 0 Å². The Morgan fingerprint density at radius 1 is 1.25 bits per heavy atom. The van der Waals surface area contributed by atoms with Crippen molar-refractivity contribution in [3.63, 3.8) is 0 Å². The van der Waals surface area contributed by atoms with Gasteiger partial charge in [-0.1, -0.05) is 18.2 Å². The third-order valence-corrected chi connectivity index (χ3v) is 4.07. The van der Waals surface area contributed by atoms with Crippen LogP contribution in [0.3, 0.4) is 0 Å². The number of tetrazole rings is 1. The predicted octanol–water partition coefficient (Wildman–Crippen LogP) is 2.46. The van der Waals surface area contributed by atoms with Crippen LogP contribution < -0.4 is 0 Å². The molecule has 0 fully saturated rings. The molecule has 0 saturated carbocycles. The van der Waals surface area contributed by atoms with Crippen molar-refractivity contribution in [3.05, 3.63) is 39.7 Å². The second kappa shape index (κ2) is 5.31. The Morgan fingerprint density at radius 2 is 2.05 bits per heavy atom. The summed E-state index contributed by atoms with van der Waals surface area (Å²) in [4.78, 5) is 1.57. The SMILES string of the molecule is CCn1nnc(-c2cnn(-c3ccccc3C)c2I)n1. The van der Waals surface area contributed by atoms with E-state index in [0.717, 1.165) is 15.0 Å². The molecule has 102 valence electrons. The van der Waals surface area contributed by atoms with E-state index < -0.39 is 0 Å². The Bertz CT molecular complexity index is 745. The first-order valence-corrected chi connectivity index (χ1v) is 7.36. The van der Waals surface area contributed by atoms with Gasteiger partial charge in [-0.2, -0.15) is 9.90 Å². The summed E-state index contributed by atoms with van der Waals surface area (Å²) in [6, 6.07) is 8.14. The average molecular weight is 380 g/mol. The summed E-state index contributed by atoms with van der Waals surface area (Å²) in [6.07, 6.45) is 1.78. The van der Waals surface area contributed by atoms with Gasteiger partial charge in [-0.15, -0.1) is 10.2 Å². The zero-order valence-corrected chi connectivity index (χ0v) is 13.3. The minimum Gasteiger partial charge on any atom is -0.227 e. The van der Waals surface area contributed by atoms with Crippen molar-refractivity contribution in [2.45, 2.75) is 20.4 Å². The summed E-state index contributed by atoms with van der Waals surface area (Å²) in [5.41, 5.74) is 3.13. The predicted molar refractivity (Wildman–Crippen MR) is 83.5 cm³/mol. The number of halogens is 1. The maximum absolute atomic E-state index is 4.45. The summed E-state index contributed by atoms with van der Waals surface area (Å²) in [6.45, 7) is 4.75. The summed E-state index contributed by atoms with van der Waals surface area (Å²) in [5.74, 6) is 0.607. The molecular weight excluding hydrogens is 367 g/mol. The third-order valence-electron chi connectivity index (χ3n) is 3.03. The van der Waals surface area contributed by atoms with Gasteiger partial charge in [-0.3, -0.25) is 0 Å². The second-order valence-corrected chi connectivity index (χ2v) is 5.37. The van der Waals surface area contributed by atoms with Gasteiger partial charge in [0.1, 0.15) is 3.70 Å². The fourth-order valence-corrected chi connectivity index (χ4v) is 2.70. The van der Waals surface area contributed by atoms with Gasteiger partial charge in [0.05, 0.1) is 24.0 Å². The number of aromatic nitrogens is 6. The Kier molecular flexibility index (Phi) is 3.51. The number of hydrogen-bond acceptors (Lipinski definition) is 4. The molecule has 7 heteroatoms. The van der Waals surface area contributed by atoms with E-state index in [9.17, 15) is 0 Å². The fraction of sp³-hybridized carbons (Fsp3) is 0.231. The van der Waals surface area contributed by atoms with Gasteiger partial charge >= 0.3 is 0 Å². The molecule has 1 aromatic carbocycles. The lowest BCUT2D eigenvalue weighted by atomic mass is 10.2. The molecule has 0 bridgehead atoms. The molecule has 3 rings (SSSR count). The lowest BCUT2D eigenvalue weighted by Crippen LogP contribution is -2.01. The summed E-state index contributed by atoms with van der Waals surface area (Å²) < 4.78 is 2.88. The summed E-state index contributed by atoms with van der Waals surface area (Å²) in [7, 11) is 0. The molecule has 0 spiro atoms. The van der Waals surface area contributed by atoms with Crippen molar-refractivity contribution >= 4 is 22.6 Å². The smallest absolute Gasteiger partial charge is 0.209 e. The van der Waals surface area contributed by atoms with Gasteiger partial charge in [0, 0.05) is 0 Å². The van der Waals surface area contributed by atoms with Gasteiger partial charge in [0.2, 0.25) is 5.82 Å². The Labute approximate surface area is 129 Å². The number of hydrogen-bond donors (Lipinski definition) is 0. The fourth-order valence-electron chi connectivity index (χ4n) is 1.94. The van der Waals surface area contributed by atoms with Crippen molar-refractivity contribution in [2.75, 3.05) is 0 Å². The van der Waals surface area contributed by atoms with E-state index in [2.05, 4.69) is 56.1 Å². The third kappa shape index (κ3) is 2.21. The quantitative estimate of drug-likeness (QED) is 0.655. The largest absolute Gasteiger partial charge is 0.227 e. The first kappa shape index (κ1) is 13.2. The number of rotatable bonds is 3. The molecule has 0 atom stereocenters. The maximum Gasteiger partial charge on any atom is 0.209 e. The van der Waals surface area contributed by atoms with Crippen molar-refractivity contribution in [3.8, 4) is 17.1 Å². The Hall–Kier alpha value is -1.77. The second-order valence-electron chi connectivity index (χ2n) is 4.35. The highest BCUT2D eigenvalue weighted by Crippen LogP contribution is 2.25. The first-order valence-electron chi connectivity index (χ1n) is 6.28. The minimum absolute atomic E-state index is 0.607. The van der Waals surface area contributed by atoms with Crippen LogP contribution in [0.15, 0.2) is 30.5 Å². The highest BCUT2D eigenvalue weighted by Gasteiger charge is 2.16. The molecule has 0 saturated heterocycles. The summed E-state index contributed by atoms with van der Waals surface area (Å²) in [5, 5.41) is 16.8. The van der Waals surface area contributed by atoms with E-state index in [-0.39, 0.29) is 0 Å². The van der Waals surface area contributed by atoms with Gasteiger partial charge in [-0.25, -0.2) is 4.68 Å². The molecule has 0 N–H and O–H groups in total. The molecule has 0 aliphatic heterocycles. The number of para-hydroxylation sites is 1. The highest BCUT2D eigenvalue weighted by atomic mass is 127. The molecule has 2 heterocycles. The normalized spacial score (nSPS) is 10.9. The molecular formula is C13H13IN6. The zero-order valence-electron chi connectivity index (χ0n) is 11.2. The minimum atomic E-state index is 0.607. The van der Waals surface area contributed by atoms with Crippen LogP contribution in [0, 0.1) is 10.6 Å². The van der Waals surface area contributed by atoms with Gasteiger partial charge in [0.15, 0.2) is 0 Å². The zero-order chi connectivity index (χ0) is 14.1. The first-order chi connectivity index (χ1) is 9.70. The molecule has 3 aromatic rings. The molecule has 0 aliphatic rings. The number of benzene rings is 1. The number of nitrogens with zero attached hydrogens (tertiary/aromatic N) is 6. The van der Waals surface area contributed by atoms with Crippen molar-refractivity contribution in [1.82, 2.24) is 30.0 Å². The van der Waals surface area contributed by atoms with Crippen LogP contribution >= 0.6 is 22.6 Å². The monoisotopic (exact) mass is 380 g/mol. The summed E-state index contributed by atoms with van der Waals surface area (Å²) >= 11 is 2.26. The lowest BCUT2D eigenvalue weighted by Gasteiger charge is -2.06. The standard InChI is InChI=1S/C13H13IN6/c1-3-19-17-13(16-18-19)10-8-15-20(12(10)14)11-7-5-4-6-9(11)2/h4-8H,3H2,1-2H3. The maximum atomic E-state index is 4.45. The molecule has 0 unspecified atom stereocenters. The van der Waals surface area contributed by atoms with Crippen LogP contribution in [-0.4, -0.2) is 30.0 Å². The van der Waals surface area contributed by atoms with Gasteiger partial charge in [0.25, 0.3) is 0 Å². The molecule has 0 radical (unpaired) electrons. The molecule has 20 heavy (non-hydrogen) atoms. The van der Waals surface area contributed by atoms with Crippen LogP contribution in [0.25, 0.3) is 17.1 Å². The van der Waals surface area contributed by atoms with Gasteiger partial charge < -0.3 is 0 Å². The highest BCUT2D eigenvalue weighted by molar-refractivity contribution is 14.1. The van der Waals surface area contributed by atoms with Crippen molar-refractivity contribution in [1.29, 1.82) is 0 Å². The van der Waals surface area contributed by atoms with Gasteiger partial charge in [-0.05, 0) is 53.3 Å². The van der Waals surface area contributed by atoms with Crippen LogP contribution in [0.4, 0.5) is 0 Å².